The van der Waals surface area contributed by atoms with Crippen LogP contribution in [0.5, 0.6) is 5.75 Å². The highest BCUT2D eigenvalue weighted by atomic mass is 16.5. The van der Waals surface area contributed by atoms with Crippen LogP contribution in [0.1, 0.15) is 25.5 Å². The highest BCUT2D eigenvalue weighted by Gasteiger charge is 2.28. The van der Waals surface area contributed by atoms with Crippen molar-refractivity contribution in [2.75, 3.05) is 36.9 Å². The summed E-state index contributed by atoms with van der Waals surface area (Å²) in [6.45, 7) is 4.59. The molecule has 0 saturated carbocycles. The molecule has 1 saturated heterocycles. The van der Waals surface area contributed by atoms with Crippen molar-refractivity contribution < 1.29 is 19.4 Å². The average Bonchev–Trinajstić information content (AvgIpc) is 3.16. The van der Waals surface area contributed by atoms with Crippen molar-refractivity contribution in [1.29, 1.82) is 0 Å². The van der Waals surface area contributed by atoms with Crippen LogP contribution >= 0.6 is 0 Å². The molecule has 3 N–H and O–H groups in total. The first-order valence-electron chi connectivity index (χ1n) is 11.2. The molecule has 2 aliphatic rings. The number of nitrogens with zero attached hydrogens (tertiary/aromatic N) is 4. The van der Waals surface area contributed by atoms with Gasteiger partial charge in [0.1, 0.15) is 11.4 Å². The molecule has 0 radical (unpaired) electrons. The Morgan fingerprint density at radius 2 is 2.03 bits per heavy atom. The van der Waals surface area contributed by atoms with E-state index in [0.29, 0.717) is 50.5 Å². The van der Waals surface area contributed by atoms with E-state index in [0.717, 1.165) is 28.3 Å². The second-order valence-corrected chi connectivity index (χ2v) is 8.60. The molecule has 3 aromatic rings. The molecule has 1 amide bonds. The van der Waals surface area contributed by atoms with Crippen LogP contribution in [0.15, 0.2) is 36.5 Å². The monoisotopic (exact) mass is 449 g/mol. The van der Waals surface area contributed by atoms with Crippen LogP contribution in [0.4, 0.5) is 11.4 Å². The summed E-state index contributed by atoms with van der Waals surface area (Å²) in [6, 6.07) is 9.53. The van der Waals surface area contributed by atoms with Crippen molar-refractivity contribution in [2.45, 2.75) is 26.3 Å². The van der Waals surface area contributed by atoms with Gasteiger partial charge in [0.15, 0.2) is 6.61 Å². The minimum Gasteiger partial charge on any atom is -0.482 e. The van der Waals surface area contributed by atoms with Gasteiger partial charge >= 0.3 is 5.97 Å². The topological polar surface area (TPSA) is 113 Å². The number of aromatic nitrogens is 2. The third kappa shape index (κ3) is 3.89. The Morgan fingerprint density at radius 3 is 2.76 bits per heavy atom. The molecule has 1 fully saturated rings. The lowest BCUT2D eigenvalue weighted by atomic mass is 9.97. The fraction of sp³-hybridized carbons (Fsp3) is 0.375. The number of carboxylic acid groups (broad SMARTS) is 1. The molecule has 0 unspecified atom stereocenters. The Bertz CT molecular complexity index is 1230. The van der Waals surface area contributed by atoms with E-state index in [1.807, 2.05) is 47.9 Å². The second kappa shape index (κ2) is 8.40. The number of carbonyl (C=O) groups excluding carboxylic acids is 1. The van der Waals surface area contributed by atoms with Crippen molar-refractivity contribution in [3.05, 3.63) is 42.2 Å². The number of hydrogen-bond donors (Lipinski definition) is 2. The molecule has 1 aromatic carbocycles. The quantitative estimate of drug-likeness (QED) is 0.616. The van der Waals surface area contributed by atoms with Crippen LogP contribution < -0.4 is 15.4 Å². The smallest absolute Gasteiger partial charge is 0.306 e. The molecule has 2 aromatic heterocycles. The van der Waals surface area contributed by atoms with Gasteiger partial charge in [-0.1, -0.05) is 0 Å². The SMILES string of the molecule is CCN1C(=O)COc2ccc(-c3nc4ccc(N)cn4c3CN3CCC(C(=O)O)CC3)cc21. The molecule has 9 nitrogen and oxygen atoms in total. The lowest BCUT2D eigenvalue weighted by Crippen LogP contribution is -2.38. The molecule has 4 heterocycles. The largest absolute Gasteiger partial charge is 0.482 e. The maximum absolute atomic E-state index is 12.3. The first-order valence-corrected chi connectivity index (χ1v) is 11.2. The Kier molecular flexibility index (Phi) is 5.41. The summed E-state index contributed by atoms with van der Waals surface area (Å²) in [5.74, 6) is -0.377. The van der Waals surface area contributed by atoms with E-state index in [4.69, 9.17) is 15.5 Å². The van der Waals surface area contributed by atoms with Crippen molar-refractivity contribution in [3.63, 3.8) is 0 Å². The summed E-state index contributed by atoms with van der Waals surface area (Å²) < 4.78 is 7.63. The third-order valence-electron chi connectivity index (χ3n) is 6.54. The van der Waals surface area contributed by atoms with Crippen LogP contribution in [0.2, 0.25) is 0 Å². The van der Waals surface area contributed by atoms with E-state index in [1.54, 1.807) is 4.90 Å². The number of fused-ring (bicyclic) bond motifs is 2. The number of carbonyl (C=O) groups is 2. The van der Waals surface area contributed by atoms with Gasteiger partial charge < -0.3 is 24.9 Å². The lowest BCUT2D eigenvalue weighted by Gasteiger charge is -2.30. The molecule has 0 spiro atoms. The average molecular weight is 450 g/mol. The first kappa shape index (κ1) is 21.3. The Morgan fingerprint density at radius 1 is 1.24 bits per heavy atom. The molecule has 2 aliphatic heterocycles. The van der Waals surface area contributed by atoms with E-state index in [-0.39, 0.29) is 18.4 Å². The van der Waals surface area contributed by atoms with Gasteiger partial charge in [-0.15, -0.1) is 0 Å². The fourth-order valence-corrected chi connectivity index (χ4v) is 4.74. The second-order valence-electron chi connectivity index (χ2n) is 8.60. The van der Waals surface area contributed by atoms with Gasteiger partial charge in [0.2, 0.25) is 0 Å². The number of pyridine rings is 1. The Hall–Kier alpha value is -3.59. The number of nitrogens with two attached hydrogens (primary N) is 1. The van der Waals surface area contributed by atoms with E-state index in [9.17, 15) is 14.7 Å². The van der Waals surface area contributed by atoms with Crippen LogP contribution in [-0.4, -0.2) is 57.5 Å². The standard InChI is InChI=1S/C24H27N5O4/c1-2-28-18-11-16(3-5-20(18)33-14-22(28)30)23-19(29-12-17(25)4-6-21(29)26-23)13-27-9-7-15(8-10-27)24(31)32/h3-6,11-12,15H,2,7-10,13-14,25H2,1H3,(H,31,32). The van der Waals surface area contributed by atoms with Gasteiger partial charge in [-0.2, -0.15) is 0 Å². The van der Waals surface area contributed by atoms with Gasteiger partial charge in [-0.25, -0.2) is 4.98 Å². The van der Waals surface area contributed by atoms with Gasteiger partial charge in [-0.05, 0) is 63.2 Å². The molecule has 0 bridgehead atoms. The zero-order valence-electron chi connectivity index (χ0n) is 18.5. The summed E-state index contributed by atoms with van der Waals surface area (Å²) in [4.78, 5) is 32.6. The third-order valence-corrected chi connectivity index (χ3v) is 6.54. The molecule has 5 rings (SSSR count). The summed E-state index contributed by atoms with van der Waals surface area (Å²) in [7, 11) is 0. The minimum absolute atomic E-state index is 0.0470. The molecule has 33 heavy (non-hydrogen) atoms. The van der Waals surface area contributed by atoms with E-state index >= 15 is 0 Å². The minimum atomic E-state index is -0.718. The molecular weight excluding hydrogens is 422 g/mol. The molecule has 0 aliphatic carbocycles. The zero-order valence-corrected chi connectivity index (χ0v) is 18.5. The number of anilines is 2. The van der Waals surface area contributed by atoms with Gasteiger partial charge in [0.25, 0.3) is 5.91 Å². The van der Waals surface area contributed by atoms with Gasteiger partial charge in [0, 0.05) is 30.5 Å². The number of carboxylic acids is 1. The zero-order chi connectivity index (χ0) is 23.1. The summed E-state index contributed by atoms with van der Waals surface area (Å²) in [6.07, 6.45) is 3.13. The van der Waals surface area contributed by atoms with E-state index in [1.165, 1.54) is 0 Å². The number of benzene rings is 1. The molecule has 9 heteroatoms. The number of rotatable bonds is 5. The number of ether oxygens (including phenoxy) is 1. The first-order chi connectivity index (χ1) is 15.9. The highest BCUT2D eigenvalue weighted by molar-refractivity contribution is 5.98. The number of piperidine rings is 1. The summed E-state index contributed by atoms with van der Waals surface area (Å²) >= 11 is 0. The van der Waals surface area contributed by atoms with Gasteiger partial charge in [-0.3, -0.25) is 14.5 Å². The van der Waals surface area contributed by atoms with Crippen molar-refractivity contribution in [2.24, 2.45) is 5.92 Å². The number of imidazole rings is 1. The maximum Gasteiger partial charge on any atom is 0.306 e. The number of amides is 1. The molecule has 172 valence electrons. The fourth-order valence-electron chi connectivity index (χ4n) is 4.74. The van der Waals surface area contributed by atoms with Crippen molar-refractivity contribution in [3.8, 4) is 17.0 Å². The number of aliphatic carboxylic acids is 1. The van der Waals surface area contributed by atoms with Crippen LogP contribution in [-0.2, 0) is 16.1 Å². The van der Waals surface area contributed by atoms with Crippen LogP contribution in [0.3, 0.4) is 0 Å². The predicted molar refractivity (Wildman–Crippen MR) is 124 cm³/mol. The van der Waals surface area contributed by atoms with Gasteiger partial charge in [0.05, 0.1) is 23.0 Å². The number of likely N-dealkylation sites (tertiary alicyclic amines) is 1. The van der Waals surface area contributed by atoms with Crippen molar-refractivity contribution >= 4 is 28.9 Å². The Balaban J connectivity index is 1.55. The summed E-state index contributed by atoms with van der Waals surface area (Å²) in [5, 5.41) is 9.32. The number of likely N-dealkylation sites (N-methyl/N-ethyl adjacent to an activating group) is 1. The Labute approximate surface area is 191 Å². The predicted octanol–water partition coefficient (Wildman–Crippen LogP) is 2.63. The normalized spacial score (nSPS) is 17.2. The van der Waals surface area contributed by atoms with Crippen molar-refractivity contribution in [1.82, 2.24) is 14.3 Å². The highest BCUT2D eigenvalue weighted by Crippen LogP contribution is 2.37. The lowest BCUT2D eigenvalue weighted by molar-refractivity contribution is -0.143. The number of nitrogen functional groups attached to an aromatic ring is 1. The molecular formula is C24H27N5O4. The van der Waals surface area contributed by atoms with Crippen LogP contribution in [0.25, 0.3) is 16.9 Å². The maximum atomic E-state index is 12.3. The van der Waals surface area contributed by atoms with E-state index in [2.05, 4.69) is 4.90 Å². The van der Waals surface area contributed by atoms with Crippen LogP contribution in [0, 0.1) is 5.92 Å². The number of hydrogen-bond acceptors (Lipinski definition) is 6. The summed E-state index contributed by atoms with van der Waals surface area (Å²) in [5.41, 5.74) is 10.9. The van der Waals surface area contributed by atoms with E-state index < -0.39 is 5.97 Å². The molecule has 0 atom stereocenters.